The van der Waals surface area contributed by atoms with Gasteiger partial charge >= 0.3 is 24.0 Å². The summed E-state index contributed by atoms with van der Waals surface area (Å²) in [6.07, 6.45) is -11.6. The normalized spacial score (nSPS) is 22.4. The van der Waals surface area contributed by atoms with Crippen LogP contribution in [0.2, 0.25) is 0 Å². The molecule has 3 aromatic rings. The average Bonchev–Trinajstić information content (AvgIpc) is 3.51. The number of alkyl halides is 7. The van der Waals surface area contributed by atoms with E-state index in [1.807, 2.05) is 30.3 Å². The average molecular weight is 700 g/mol. The Morgan fingerprint density at radius 1 is 0.771 bits per heavy atom. The molecule has 0 spiro atoms. The number of rotatable bonds is 8. The van der Waals surface area contributed by atoms with Crippen molar-refractivity contribution in [2.45, 2.75) is 66.2 Å². The molecule has 0 radical (unpaired) electrons. The van der Waals surface area contributed by atoms with Crippen LogP contribution in [0.25, 0.3) is 0 Å². The summed E-state index contributed by atoms with van der Waals surface area (Å²) in [6, 6.07) is 17.2. The summed E-state index contributed by atoms with van der Waals surface area (Å²) < 4.78 is 123. The summed E-state index contributed by atoms with van der Waals surface area (Å²) >= 11 is 0. The number of sulfone groups is 1. The van der Waals surface area contributed by atoms with Crippen LogP contribution in [0.4, 0.5) is 30.7 Å². The molecule has 3 aromatic carbocycles. The molecule has 1 aliphatic heterocycles. The maximum Gasteiger partial charge on any atom is 0.435 e. The molecule has 14 heteroatoms. The molecule has 1 saturated heterocycles. The smallest absolute Gasteiger partial charge is 0.435 e. The van der Waals surface area contributed by atoms with Crippen molar-refractivity contribution in [3.05, 3.63) is 101 Å². The summed E-state index contributed by atoms with van der Waals surface area (Å²) in [7, 11) is -4.50. The Labute approximate surface area is 272 Å². The third kappa shape index (κ3) is 6.30. The third-order valence-corrected chi connectivity index (χ3v) is 12.0. The predicted molar refractivity (Wildman–Crippen MR) is 160 cm³/mol. The Morgan fingerprint density at radius 3 is 1.90 bits per heavy atom. The molecule has 1 aliphatic carbocycles. The summed E-state index contributed by atoms with van der Waals surface area (Å²) in [5.41, 5.74) is -6.16. The number of likely N-dealkylation sites (tertiary alicyclic amines) is 1. The van der Waals surface area contributed by atoms with Gasteiger partial charge in [0.25, 0.3) is 0 Å². The van der Waals surface area contributed by atoms with Gasteiger partial charge < -0.3 is 10.0 Å². The van der Waals surface area contributed by atoms with E-state index in [-0.39, 0.29) is 61.2 Å². The molecule has 1 saturated carbocycles. The molecular formula is C34H32F7NO5S. The summed E-state index contributed by atoms with van der Waals surface area (Å²) in [4.78, 5) is 26.1. The Bertz CT molecular complexity index is 1740. The highest BCUT2D eigenvalue weighted by molar-refractivity contribution is 7.92. The van der Waals surface area contributed by atoms with Gasteiger partial charge in [0, 0.05) is 24.6 Å². The first kappa shape index (κ1) is 35.4. The van der Waals surface area contributed by atoms with Crippen molar-refractivity contribution in [1.82, 2.24) is 4.90 Å². The van der Waals surface area contributed by atoms with E-state index in [4.69, 9.17) is 0 Å². The first-order valence-corrected chi connectivity index (χ1v) is 16.7. The van der Waals surface area contributed by atoms with Gasteiger partial charge in [0.05, 0.1) is 10.8 Å². The quantitative estimate of drug-likeness (QED) is 0.248. The number of amides is 1. The van der Waals surface area contributed by atoms with E-state index in [9.17, 15) is 53.8 Å². The van der Waals surface area contributed by atoms with Crippen LogP contribution in [0.5, 0.6) is 0 Å². The van der Waals surface area contributed by atoms with Crippen molar-refractivity contribution in [1.29, 1.82) is 0 Å². The molecule has 6 nitrogen and oxygen atoms in total. The van der Waals surface area contributed by atoms with E-state index < -0.39 is 68.4 Å². The van der Waals surface area contributed by atoms with Gasteiger partial charge in [-0.25, -0.2) is 12.8 Å². The minimum atomic E-state index is -6.36. The molecule has 1 heterocycles. The second-order valence-electron chi connectivity index (χ2n) is 12.4. The number of halogens is 7. The van der Waals surface area contributed by atoms with Gasteiger partial charge in [0.1, 0.15) is 4.75 Å². The van der Waals surface area contributed by atoms with Gasteiger partial charge in [-0.2, -0.15) is 26.3 Å². The maximum absolute atomic E-state index is 14.9. The van der Waals surface area contributed by atoms with Crippen molar-refractivity contribution in [2.24, 2.45) is 11.8 Å². The number of benzene rings is 3. The fourth-order valence-electron chi connectivity index (χ4n) is 6.80. The highest BCUT2D eigenvalue weighted by Gasteiger charge is 2.73. The summed E-state index contributed by atoms with van der Waals surface area (Å²) in [5, 5.41) is 9.32. The Balaban J connectivity index is 1.54. The molecule has 2 fully saturated rings. The lowest BCUT2D eigenvalue weighted by Gasteiger charge is -2.33. The fourth-order valence-corrected chi connectivity index (χ4v) is 8.94. The zero-order chi connectivity index (χ0) is 35.1. The van der Waals surface area contributed by atoms with E-state index in [2.05, 4.69) is 0 Å². The molecule has 5 rings (SSSR count). The molecule has 2 aliphatic rings. The van der Waals surface area contributed by atoms with Crippen LogP contribution in [-0.2, 0) is 36.3 Å². The number of carboxylic acids is 1. The van der Waals surface area contributed by atoms with Gasteiger partial charge in [0.2, 0.25) is 5.91 Å². The minimum absolute atomic E-state index is 0.0967. The van der Waals surface area contributed by atoms with Gasteiger partial charge in [-0.1, -0.05) is 66.7 Å². The topological polar surface area (TPSA) is 91.8 Å². The van der Waals surface area contributed by atoms with Crippen molar-refractivity contribution in [2.75, 3.05) is 13.1 Å². The van der Waals surface area contributed by atoms with E-state index in [0.717, 1.165) is 17.7 Å². The third-order valence-electron chi connectivity index (χ3n) is 9.53. The molecule has 48 heavy (non-hydrogen) atoms. The zero-order valence-corrected chi connectivity index (χ0v) is 26.2. The largest absolute Gasteiger partial charge is 0.481 e. The fraction of sp³-hybridized carbons (Fsp3) is 0.412. The molecular weight excluding hydrogens is 667 g/mol. The highest BCUT2D eigenvalue weighted by Crippen LogP contribution is 2.54. The van der Waals surface area contributed by atoms with Crippen LogP contribution in [0.1, 0.15) is 54.4 Å². The molecule has 1 amide bonds. The Kier molecular flexibility index (Phi) is 9.45. The number of carbonyl (C=O) groups is 2. The highest BCUT2D eigenvalue weighted by atomic mass is 32.2. The van der Waals surface area contributed by atoms with E-state index in [1.54, 1.807) is 6.07 Å². The maximum atomic E-state index is 14.9. The van der Waals surface area contributed by atoms with Crippen molar-refractivity contribution in [3.63, 3.8) is 0 Å². The number of carboxylic acid groups (broad SMARTS) is 1. The molecule has 1 unspecified atom stereocenters. The van der Waals surface area contributed by atoms with Crippen LogP contribution in [-0.4, -0.2) is 55.7 Å². The second-order valence-corrected chi connectivity index (χ2v) is 14.7. The number of aliphatic carboxylic acids is 1. The van der Waals surface area contributed by atoms with Gasteiger partial charge in [-0.15, -0.1) is 0 Å². The number of carbonyl (C=O) groups excluding carboxylic acids is 1. The summed E-state index contributed by atoms with van der Waals surface area (Å²) in [6.45, 7) is -0.560. The number of hydrogen-bond acceptors (Lipinski definition) is 4. The zero-order valence-electron chi connectivity index (χ0n) is 25.4. The molecule has 258 valence electrons. The lowest BCUT2D eigenvalue weighted by Crippen LogP contribution is -2.50. The van der Waals surface area contributed by atoms with Crippen molar-refractivity contribution in [3.8, 4) is 0 Å². The lowest BCUT2D eigenvalue weighted by atomic mass is 9.81. The molecule has 1 atom stereocenters. The molecule has 0 aromatic heterocycles. The first-order valence-electron chi connectivity index (χ1n) is 15.2. The van der Waals surface area contributed by atoms with Gasteiger partial charge in [0.15, 0.2) is 9.84 Å². The molecule has 1 N–H and O–H groups in total. The lowest BCUT2D eigenvalue weighted by molar-refractivity contribution is -0.348. The van der Waals surface area contributed by atoms with Crippen LogP contribution in [0.3, 0.4) is 0 Å². The SMILES string of the molecule is O=C(O)C1CCC(C(=O)N2CCC(c3ccc(C(F)(C(F)(F)F)C(F)(F)F)cc3)(S(=O)(=O)c3cccc(Cc4ccccc4)c3)C2)CC1. The Morgan fingerprint density at radius 2 is 1.33 bits per heavy atom. The van der Waals surface area contributed by atoms with E-state index in [1.165, 1.54) is 23.1 Å². The number of hydrogen-bond donors (Lipinski definition) is 1. The van der Waals surface area contributed by atoms with Crippen LogP contribution >= 0.6 is 0 Å². The van der Waals surface area contributed by atoms with Crippen LogP contribution in [0, 0.1) is 11.8 Å². The van der Waals surface area contributed by atoms with Gasteiger partial charge in [-0.05, 0) is 67.3 Å². The number of nitrogens with zero attached hydrogens (tertiary/aromatic N) is 1. The van der Waals surface area contributed by atoms with E-state index >= 15 is 0 Å². The van der Waals surface area contributed by atoms with Gasteiger partial charge in [-0.3, -0.25) is 9.59 Å². The monoisotopic (exact) mass is 699 g/mol. The first-order chi connectivity index (χ1) is 22.4. The van der Waals surface area contributed by atoms with Crippen LogP contribution in [0.15, 0.2) is 83.8 Å². The molecule has 0 bridgehead atoms. The van der Waals surface area contributed by atoms with Crippen molar-refractivity contribution >= 4 is 21.7 Å². The Hall–Kier alpha value is -3.94. The second kappa shape index (κ2) is 12.8. The van der Waals surface area contributed by atoms with Crippen LogP contribution < -0.4 is 0 Å². The minimum Gasteiger partial charge on any atom is -0.481 e. The standard InChI is InChI=1S/C34H32F7NO5S/c35-32(33(36,37)38,34(39,40)41)27-15-13-26(14-16-27)31(17-18-42(21-31)29(43)24-9-11-25(12-10-24)30(44)45)48(46,47)28-8-4-7-23(20-28)19-22-5-2-1-3-6-22/h1-8,13-16,20,24-25H,9-12,17-19,21H2,(H,44,45). The summed E-state index contributed by atoms with van der Waals surface area (Å²) in [5.74, 6) is -2.58. The van der Waals surface area contributed by atoms with E-state index in [0.29, 0.717) is 12.0 Å². The van der Waals surface area contributed by atoms with Crippen molar-refractivity contribution < 1.29 is 53.8 Å². The predicted octanol–water partition coefficient (Wildman–Crippen LogP) is 7.36.